The lowest BCUT2D eigenvalue weighted by Crippen LogP contribution is -2.39. The highest BCUT2D eigenvalue weighted by Crippen LogP contribution is 2.45. The van der Waals surface area contributed by atoms with E-state index < -0.39 is 17.5 Å². The number of carbonyl (C=O) groups is 1. The molecular formula is C20H25ClN2O3. The number of aryl methyl sites for hydroxylation is 1. The summed E-state index contributed by atoms with van der Waals surface area (Å²) in [5, 5.41) is 21.7. The molecule has 1 aliphatic carbocycles. The molecule has 5 nitrogen and oxygen atoms in total. The first kappa shape index (κ1) is 18.9. The fourth-order valence-electron chi connectivity index (χ4n) is 4.04. The van der Waals surface area contributed by atoms with Crippen molar-refractivity contribution in [1.82, 2.24) is 9.55 Å². The van der Waals surface area contributed by atoms with Gasteiger partial charge in [-0.15, -0.1) is 0 Å². The highest BCUT2D eigenvalue weighted by Gasteiger charge is 2.50. The van der Waals surface area contributed by atoms with Crippen LogP contribution >= 0.6 is 11.6 Å². The number of benzene rings is 1. The maximum Gasteiger partial charge on any atom is 0.309 e. The predicted molar refractivity (Wildman–Crippen MR) is 101 cm³/mol. The fourth-order valence-corrected chi connectivity index (χ4v) is 4.16. The van der Waals surface area contributed by atoms with Crippen molar-refractivity contribution >= 4 is 17.6 Å². The lowest BCUT2D eigenvalue weighted by Gasteiger charge is -2.31. The molecule has 0 spiro atoms. The van der Waals surface area contributed by atoms with Gasteiger partial charge in [-0.05, 0) is 37.0 Å². The Morgan fingerprint density at radius 3 is 2.54 bits per heavy atom. The summed E-state index contributed by atoms with van der Waals surface area (Å²) >= 11 is 5.99. The van der Waals surface area contributed by atoms with E-state index in [1.165, 1.54) is 0 Å². The zero-order valence-corrected chi connectivity index (χ0v) is 16.1. The highest BCUT2D eigenvalue weighted by atomic mass is 35.5. The Morgan fingerprint density at radius 1 is 1.35 bits per heavy atom. The van der Waals surface area contributed by atoms with Crippen LogP contribution in [0, 0.1) is 5.92 Å². The summed E-state index contributed by atoms with van der Waals surface area (Å²) in [6, 6.07) is 7.56. The molecule has 6 heteroatoms. The van der Waals surface area contributed by atoms with Gasteiger partial charge in [0.15, 0.2) is 0 Å². The largest absolute Gasteiger partial charge is 0.481 e. The molecule has 1 aromatic carbocycles. The van der Waals surface area contributed by atoms with E-state index in [-0.39, 0.29) is 5.92 Å². The standard InChI is InChI=1S/C20H25ClN2O3/c1-4-15(19(24)25)20(26)10-9-16-17(20)23(18(22-16)12(2)3)11-13-5-7-14(21)8-6-13/h5-8,12,15,26H,4,9-11H2,1-3H3,(H,24,25). The second-order valence-electron chi connectivity index (χ2n) is 7.36. The van der Waals surface area contributed by atoms with Crippen LogP contribution in [0.5, 0.6) is 0 Å². The zero-order chi connectivity index (χ0) is 19.1. The number of nitrogens with zero attached hydrogens (tertiary/aromatic N) is 2. The number of hydrogen-bond donors (Lipinski definition) is 2. The Balaban J connectivity index is 2.12. The van der Waals surface area contributed by atoms with E-state index >= 15 is 0 Å². The third-order valence-corrected chi connectivity index (χ3v) is 5.53. The second kappa shape index (κ2) is 7.05. The first-order valence-corrected chi connectivity index (χ1v) is 9.45. The van der Waals surface area contributed by atoms with Crippen molar-refractivity contribution in [2.75, 3.05) is 0 Å². The van der Waals surface area contributed by atoms with Crippen molar-refractivity contribution in [3.63, 3.8) is 0 Å². The molecule has 0 fully saturated rings. The normalized spacial score (nSPS) is 20.4. The van der Waals surface area contributed by atoms with Crippen molar-refractivity contribution in [2.24, 2.45) is 5.92 Å². The molecule has 2 unspecified atom stereocenters. The van der Waals surface area contributed by atoms with Crippen LogP contribution in [-0.4, -0.2) is 25.7 Å². The minimum atomic E-state index is -1.39. The van der Waals surface area contributed by atoms with Crippen LogP contribution < -0.4 is 0 Å². The van der Waals surface area contributed by atoms with Crippen molar-refractivity contribution in [2.45, 2.75) is 58.1 Å². The molecule has 0 radical (unpaired) electrons. The Kier molecular flexibility index (Phi) is 5.13. The Hall–Kier alpha value is -1.85. The van der Waals surface area contributed by atoms with Gasteiger partial charge in [-0.3, -0.25) is 4.79 Å². The first-order chi connectivity index (χ1) is 12.3. The number of aromatic nitrogens is 2. The Morgan fingerprint density at radius 2 is 2.00 bits per heavy atom. The average molecular weight is 377 g/mol. The number of hydrogen-bond acceptors (Lipinski definition) is 3. The molecule has 0 amide bonds. The topological polar surface area (TPSA) is 75.3 Å². The number of aliphatic hydroxyl groups is 1. The maximum atomic E-state index is 11.8. The SMILES string of the molecule is CCC(C(=O)O)C1(O)CCc2nc(C(C)C)n(Cc3ccc(Cl)cc3)c21. The lowest BCUT2D eigenvalue weighted by molar-refractivity contribution is -0.153. The van der Waals surface area contributed by atoms with Crippen LogP contribution in [0.4, 0.5) is 0 Å². The van der Waals surface area contributed by atoms with Crippen LogP contribution in [0.1, 0.15) is 62.3 Å². The van der Waals surface area contributed by atoms with E-state index in [2.05, 4.69) is 13.8 Å². The molecule has 3 rings (SSSR count). The molecule has 0 saturated heterocycles. The number of imidazole rings is 1. The highest BCUT2D eigenvalue weighted by molar-refractivity contribution is 6.30. The molecule has 1 aromatic heterocycles. The van der Waals surface area contributed by atoms with Gasteiger partial charge >= 0.3 is 5.97 Å². The van der Waals surface area contributed by atoms with Crippen LogP contribution in [0.3, 0.4) is 0 Å². The Labute approximate surface area is 158 Å². The van der Waals surface area contributed by atoms with Crippen LogP contribution in [-0.2, 0) is 23.4 Å². The minimum absolute atomic E-state index is 0.169. The molecule has 0 aliphatic heterocycles. The lowest BCUT2D eigenvalue weighted by atomic mass is 9.83. The molecule has 2 atom stereocenters. The van der Waals surface area contributed by atoms with Crippen LogP contribution in [0.2, 0.25) is 5.02 Å². The van der Waals surface area contributed by atoms with Crippen LogP contribution in [0.25, 0.3) is 0 Å². The second-order valence-corrected chi connectivity index (χ2v) is 7.79. The summed E-state index contributed by atoms with van der Waals surface area (Å²) in [5.74, 6) is -0.761. The summed E-state index contributed by atoms with van der Waals surface area (Å²) in [6.07, 6.45) is 1.37. The first-order valence-electron chi connectivity index (χ1n) is 9.07. The molecular weight excluding hydrogens is 352 g/mol. The quantitative estimate of drug-likeness (QED) is 0.800. The van der Waals surface area contributed by atoms with Gasteiger partial charge < -0.3 is 14.8 Å². The molecule has 2 aromatic rings. The summed E-state index contributed by atoms with van der Waals surface area (Å²) in [6.45, 7) is 6.45. The number of aliphatic carboxylic acids is 1. The van der Waals surface area contributed by atoms with Gasteiger partial charge in [0.2, 0.25) is 0 Å². The van der Waals surface area contributed by atoms with Gasteiger partial charge in [-0.2, -0.15) is 0 Å². The van der Waals surface area contributed by atoms with Gasteiger partial charge in [-0.1, -0.05) is 44.5 Å². The monoisotopic (exact) mass is 376 g/mol. The minimum Gasteiger partial charge on any atom is -0.481 e. The number of rotatable bonds is 6. The molecule has 26 heavy (non-hydrogen) atoms. The smallest absolute Gasteiger partial charge is 0.309 e. The number of halogens is 1. The third-order valence-electron chi connectivity index (χ3n) is 5.28. The van der Waals surface area contributed by atoms with Gasteiger partial charge in [-0.25, -0.2) is 4.98 Å². The average Bonchev–Trinajstić information content (AvgIpc) is 3.09. The van der Waals surface area contributed by atoms with E-state index in [9.17, 15) is 15.0 Å². The van der Waals surface area contributed by atoms with Gasteiger partial charge in [0.05, 0.1) is 17.3 Å². The molecule has 2 N–H and O–H groups in total. The molecule has 1 heterocycles. The Bertz CT molecular complexity index is 813. The molecule has 1 aliphatic rings. The van der Waals surface area contributed by atoms with Crippen molar-refractivity contribution in [3.05, 3.63) is 52.1 Å². The van der Waals surface area contributed by atoms with Crippen molar-refractivity contribution in [3.8, 4) is 0 Å². The van der Waals surface area contributed by atoms with Crippen molar-refractivity contribution < 1.29 is 15.0 Å². The fraction of sp³-hybridized carbons (Fsp3) is 0.500. The maximum absolute atomic E-state index is 11.8. The molecule has 0 bridgehead atoms. The van der Waals surface area contributed by atoms with E-state index in [1.807, 2.05) is 28.8 Å². The van der Waals surface area contributed by atoms with Gasteiger partial charge in [0.1, 0.15) is 11.4 Å². The molecule has 0 saturated carbocycles. The molecule has 140 valence electrons. The van der Waals surface area contributed by atoms with E-state index in [4.69, 9.17) is 16.6 Å². The van der Waals surface area contributed by atoms with Gasteiger partial charge in [0, 0.05) is 17.5 Å². The van der Waals surface area contributed by atoms with E-state index in [1.54, 1.807) is 6.92 Å². The summed E-state index contributed by atoms with van der Waals surface area (Å²) in [7, 11) is 0. The number of carboxylic acids is 1. The van der Waals surface area contributed by atoms with E-state index in [0.29, 0.717) is 36.5 Å². The van der Waals surface area contributed by atoms with Gasteiger partial charge in [0.25, 0.3) is 0 Å². The van der Waals surface area contributed by atoms with Crippen molar-refractivity contribution in [1.29, 1.82) is 0 Å². The summed E-state index contributed by atoms with van der Waals surface area (Å²) in [4.78, 5) is 16.5. The number of fused-ring (bicyclic) bond motifs is 1. The third kappa shape index (κ3) is 3.14. The predicted octanol–water partition coefficient (Wildman–Crippen LogP) is 3.95. The van der Waals surface area contributed by atoms with Crippen LogP contribution in [0.15, 0.2) is 24.3 Å². The zero-order valence-electron chi connectivity index (χ0n) is 15.4. The number of carboxylic acid groups (broad SMARTS) is 1. The summed E-state index contributed by atoms with van der Waals surface area (Å²) in [5.41, 5.74) is 1.15. The summed E-state index contributed by atoms with van der Waals surface area (Å²) < 4.78 is 2.02. The van der Waals surface area contributed by atoms with E-state index in [0.717, 1.165) is 17.1 Å².